The van der Waals surface area contributed by atoms with Gasteiger partial charge < -0.3 is 15.2 Å². The molecule has 0 aliphatic carbocycles. The summed E-state index contributed by atoms with van der Waals surface area (Å²) in [6.45, 7) is 4.23. The molecule has 8 nitrogen and oxygen atoms in total. The molecule has 2 aromatic heterocycles. The molecule has 1 aliphatic heterocycles. The van der Waals surface area contributed by atoms with Crippen molar-refractivity contribution in [3.05, 3.63) is 33.0 Å². The summed E-state index contributed by atoms with van der Waals surface area (Å²) in [5.74, 6) is 0.717. The van der Waals surface area contributed by atoms with Crippen molar-refractivity contribution in [2.45, 2.75) is 45.2 Å². The third-order valence-electron chi connectivity index (χ3n) is 4.98. The number of nitrogens with two attached hydrogens (primary N) is 1. The molecule has 2 aromatic rings. The van der Waals surface area contributed by atoms with Crippen molar-refractivity contribution in [2.75, 3.05) is 18.0 Å². The van der Waals surface area contributed by atoms with Gasteiger partial charge in [-0.05, 0) is 19.3 Å². The number of unbranched alkanes of at least 4 members (excludes halogenated alkanes) is 1. The molecule has 0 spiro atoms. The first kappa shape index (κ1) is 18.4. The SMILES string of the molecule is CCCC=CCn1c(N2CCCC(N)C2)nc2c1c(=O)n(C)c(=O)n2C. The third kappa shape index (κ3) is 3.21. The van der Waals surface area contributed by atoms with E-state index in [0.29, 0.717) is 24.3 Å². The molecule has 1 atom stereocenters. The fourth-order valence-corrected chi connectivity index (χ4v) is 3.51. The second kappa shape index (κ2) is 7.49. The predicted molar refractivity (Wildman–Crippen MR) is 104 cm³/mol. The van der Waals surface area contributed by atoms with Crippen LogP contribution in [0, 0.1) is 0 Å². The lowest BCUT2D eigenvalue weighted by atomic mass is 10.1. The first-order valence-electron chi connectivity index (χ1n) is 9.27. The molecule has 142 valence electrons. The molecule has 0 amide bonds. The second-order valence-corrected chi connectivity index (χ2v) is 7.01. The van der Waals surface area contributed by atoms with E-state index in [1.165, 1.54) is 11.6 Å². The summed E-state index contributed by atoms with van der Waals surface area (Å²) in [4.78, 5) is 31.9. The lowest BCUT2D eigenvalue weighted by Gasteiger charge is -2.31. The van der Waals surface area contributed by atoms with E-state index in [4.69, 9.17) is 5.73 Å². The molecular weight excluding hydrogens is 332 g/mol. The number of aromatic nitrogens is 4. The molecule has 0 saturated carbocycles. The van der Waals surface area contributed by atoms with E-state index in [9.17, 15) is 9.59 Å². The van der Waals surface area contributed by atoms with Gasteiger partial charge in [0.1, 0.15) is 0 Å². The molecule has 2 N–H and O–H groups in total. The molecule has 1 unspecified atom stereocenters. The molecule has 1 saturated heterocycles. The van der Waals surface area contributed by atoms with Crippen molar-refractivity contribution < 1.29 is 0 Å². The van der Waals surface area contributed by atoms with E-state index in [0.717, 1.165) is 42.7 Å². The van der Waals surface area contributed by atoms with Crippen LogP contribution in [0.4, 0.5) is 5.95 Å². The van der Waals surface area contributed by atoms with E-state index < -0.39 is 0 Å². The molecule has 1 aliphatic rings. The van der Waals surface area contributed by atoms with Gasteiger partial charge in [0.15, 0.2) is 11.2 Å². The Morgan fingerprint density at radius 2 is 2.00 bits per heavy atom. The van der Waals surface area contributed by atoms with Gasteiger partial charge in [0, 0.05) is 39.8 Å². The van der Waals surface area contributed by atoms with E-state index >= 15 is 0 Å². The van der Waals surface area contributed by atoms with Gasteiger partial charge in [0.05, 0.1) is 0 Å². The van der Waals surface area contributed by atoms with Crippen molar-refractivity contribution in [1.82, 2.24) is 18.7 Å². The van der Waals surface area contributed by atoms with E-state index in [-0.39, 0.29) is 17.3 Å². The number of imidazole rings is 1. The van der Waals surface area contributed by atoms with Crippen molar-refractivity contribution >= 4 is 17.1 Å². The van der Waals surface area contributed by atoms with E-state index in [1.54, 1.807) is 7.05 Å². The van der Waals surface area contributed by atoms with Crippen molar-refractivity contribution in [3.8, 4) is 0 Å². The average Bonchev–Trinajstić information content (AvgIpc) is 3.01. The minimum atomic E-state index is -0.365. The number of hydrogen-bond donors (Lipinski definition) is 1. The van der Waals surface area contributed by atoms with Crippen LogP contribution in [-0.2, 0) is 20.6 Å². The average molecular weight is 360 g/mol. The summed E-state index contributed by atoms with van der Waals surface area (Å²) >= 11 is 0. The van der Waals surface area contributed by atoms with Crippen LogP contribution < -0.4 is 21.9 Å². The summed E-state index contributed by atoms with van der Waals surface area (Å²) in [6, 6.07) is 0.0966. The number of anilines is 1. The van der Waals surface area contributed by atoms with Crippen LogP contribution >= 0.6 is 0 Å². The largest absolute Gasteiger partial charge is 0.341 e. The maximum absolute atomic E-state index is 12.8. The Kier molecular flexibility index (Phi) is 5.31. The van der Waals surface area contributed by atoms with Gasteiger partial charge in [0.2, 0.25) is 5.95 Å². The van der Waals surface area contributed by atoms with Crippen LogP contribution in [-0.4, -0.2) is 37.8 Å². The smallest absolute Gasteiger partial charge is 0.332 e. The summed E-state index contributed by atoms with van der Waals surface area (Å²) < 4.78 is 4.50. The molecule has 0 aromatic carbocycles. The van der Waals surface area contributed by atoms with Gasteiger partial charge in [-0.25, -0.2) is 4.79 Å². The number of aryl methyl sites for hydroxylation is 1. The highest BCUT2D eigenvalue weighted by Gasteiger charge is 2.25. The second-order valence-electron chi connectivity index (χ2n) is 7.01. The third-order valence-corrected chi connectivity index (χ3v) is 4.98. The summed E-state index contributed by atoms with van der Waals surface area (Å²) in [7, 11) is 3.16. The molecule has 26 heavy (non-hydrogen) atoms. The molecule has 3 heterocycles. The predicted octanol–water partition coefficient (Wildman–Crippen LogP) is 0.718. The highest BCUT2D eigenvalue weighted by molar-refractivity contribution is 5.74. The molecular formula is C18H28N6O2. The normalized spacial score (nSPS) is 18.3. The maximum Gasteiger partial charge on any atom is 0.332 e. The number of fused-ring (bicyclic) bond motifs is 1. The van der Waals surface area contributed by atoms with Crippen molar-refractivity contribution in [3.63, 3.8) is 0 Å². The van der Waals surface area contributed by atoms with Gasteiger partial charge in [-0.2, -0.15) is 4.98 Å². The number of hydrogen-bond acceptors (Lipinski definition) is 5. The Morgan fingerprint density at radius 1 is 1.23 bits per heavy atom. The maximum atomic E-state index is 12.8. The quantitative estimate of drug-likeness (QED) is 0.793. The Balaban J connectivity index is 2.19. The van der Waals surface area contributed by atoms with Gasteiger partial charge in [0.25, 0.3) is 5.56 Å². The number of piperidine rings is 1. The Morgan fingerprint density at radius 3 is 2.69 bits per heavy atom. The van der Waals surface area contributed by atoms with Crippen molar-refractivity contribution in [2.24, 2.45) is 19.8 Å². The lowest BCUT2D eigenvalue weighted by molar-refractivity contribution is 0.495. The van der Waals surface area contributed by atoms with Gasteiger partial charge in [-0.15, -0.1) is 0 Å². The fraction of sp³-hybridized carbons (Fsp3) is 0.611. The van der Waals surface area contributed by atoms with Crippen molar-refractivity contribution in [1.29, 1.82) is 0 Å². The molecule has 1 fully saturated rings. The highest BCUT2D eigenvalue weighted by Crippen LogP contribution is 2.23. The topological polar surface area (TPSA) is 91.1 Å². The van der Waals surface area contributed by atoms with Gasteiger partial charge >= 0.3 is 5.69 Å². The zero-order valence-corrected chi connectivity index (χ0v) is 15.8. The fourth-order valence-electron chi connectivity index (χ4n) is 3.51. The van der Waals surface area contributed by atoms with Crippen LogP contribution in [0.3, 0.4) is 0 Å². The zero-order valence-electron chi connectivity index (χ0n) is 15.8. The first-order valence-corrected chi connectivity index (χ1v) is 9.27. The van der Waals surface area contributed by atoms with Crippen LogP contribution in [0.1, 0.15) is 32.6 Å². The van der Waals surface area contributed by atoms with E-state index in [2.05, 4.69) is 29.0 Å². The molecule has 8 heteroatoms. The lowest BCUT2D eigenvalue weighted by Crippen LogP contribution is -2.44. The number of allylic oxidation sites excluding steroid dienone is 2. The van der Waals surface area contributed by atoms with Crippen LogP contribution in [0.5, 0.6) is 0 Å². The Hall–Kier alpha value is -2.35. The zero-order chi connectivity index (χ0) is 18.8. The molecule has 3 rings (SSSR count). The minimum absolute atomic E-state index is 0.0966. The standard InChI is InChI=1S/C18H28N6O2/c1-4-5-6-7-11-24-14-15(21(2)18(26)22(3)16(14)25)20-17(24)23-10-8-9-13(19)12-23/h6-7,13H,4-5,8-12,19H2,1-3H3. The van der Waals surface area contributed by atoms with Crippen LogP contribution in [0.15, 0.2) is 21.7 Å². The number of nitrogens with zero attached hydrogens (tertiary/aromatic N) is 5. The van der Waals surface area contributed by atoms with E-state index in [1.807, 2.05) is 4.57 Å². The van der Waals surface area contributed by atoms with Gasteiger partial charge in [-0.1, -0.05) is 25.5 Å². The highest BCUT2D eigenvalue weighted by atomic mass is 16.2. The first-order chi connectivity index (χ1) is 12.5. The minimum Gasteiger partial charge on any atom is -0.341 e. The summed E-state index contributed by atoms with van der Waals surface area (Å²) in [5.41, 5.74) is 6.35. The molecule has 0 radical (unpaired) electrons. The Bertz CT molecular complexity index is 936. The number of rotatable bonds is 5. The Labute approximate surface area is 152 Å². The van der Waals surface area contributed by atoms with Crippen LogP contribution in [0.25, 0.3) is 11.2 Å². The summed E-state index contributed by atoms with van der Waals surface area (Å²) in [6.07, 6.45) is 8.23. The molecule has 0 bridgehead atoms. The monoisotopic (exact) mass is 360 g/mol. The van der Waals surface area contributed by atoms with Gasteiger partial charge in [-0.3, -0.25) is 13.9 Å². The van der Waals surface area contributed by atoms with Crippen LogP contribution in [0.2, 0.25) is 0 Å². The summed E-state index contributed by atoms with van der Waals surface area (Å²) in [5, 5.41) is 0.